The molecule has 0 saturated carbocycles. The summed E-state index contributed by atoms with van der Waals surface area (Å²) in [5.74, 6) is -1.11. The number of alkyl carbamates (subject to hydrolysis) is 1. The van der Waals surface area contributed by atoms with Crippen LogP contribution in [-0.4, -0.2) is 47.1 Å². The Kier molecular flexibility index (Phi) is 7.16. The van der Waals surface area contributed by atoms with E-state index in [0.29, 0.717) is 0 Å². The van der Waals surface area contributed by atoms with Crippen molar-refractivity contribution in [2.24, 2.45) is 0 Å². The summed E-state index contributed by atoms with van der Waals surface area (Å²) in [5.41, 5.74) is 1.01. The molecule has 1 amide bonds. The number of aromatic carboxylic acids is 1. The Morgan fingerprint density at radius 3 is 2.44 bits per heavy atom. The Bertz CT molecular complexity index is 779. The van der Waals surface area contributed by atoms with Crippen LogP contribution >= 0.6 is 0 Å². The van der Waals surface area contributed by atoms with Gasteiger partial charge in [-0.15, -0.1) is 0 Å². The number of aliphatic hydroxyl groups is 2. The molecule has 0 saturated heterocycles. The molecule has 0 radical (unpaired) electrons. The van der Waals surface area contributed by atoms with Gasteiger partial charge in [0, 0.05) is 6.54 Å². The van der Waals surface area contributed by atoms with E-state index in [9.17, 15) is 19.8 Å². The lowest BCUT2D eigenvalue weighted by Gasteiger charge is -2.19. The zero-order valence-electron chi connectivity index (χ0n) is 14.7. The third-order valence-electron chi connectivity index (χ3n) is 3.83. The van der Waals surface area contributed by atoms with Crippen molar-refractivity contribution >= 4 is 12.1 Å². The lowest BCUT2D eigenvalue weighted by atomic mass is 10.0. The first-order valence-corrected chi connectivity index (χ1v) is 8.14. The average Bonchev–Trinajstić information content (AvgIpc) is 2.69. The Morgan fingerprint density at radius 1 is 1.11 bits per heavy atom. The molecule has 2 unspecified atom stereocenters. The minimum atomic E-state index is -1.35. The molecule has 4 N–H and O–H groups in total. The summed E-state index contributed by atoms with van der Waals surface area (Å²) in [4.78, 5) is 22.8. The fraction of sp³-hybridized carbons (Fsp3) is 0.263. The highest BCUT2D eigenvalue weighted by molar-refractivity contribution is 5.91. The van der Waals surface area contributed by atoms with Crippen molar-refractivity contribution in [1.29, 1.82) is 0 Å². The second kappa shape index (κ2) is 9.56. The van der Waals surface area contributed by atoms with Crippen molar-refractivity contribution in [3.8, 4) is 5.75 Å². The van der Waals surface area contributed by atoms with E-state index in [0.717, 1.165) is 5.56 Å². The normalized spacial score (nSPS) is 12.7. The Morgan fingerprint density at radius 2 is 1.81 bits per heavy atom. The van der Waals surface area contributed by atoms with Gasteiger partial charge >= 0.3 is 12.1 Å². The van der Waals surface area contributed by atoms with E-state index in [1.165, 1.54) is 25.3 Å². The van der Waals surface area contributed by atoms with Crippen LogP contribution in [0.3, 0.4) is 0 Å². The van der Waals surface area contributed by atoms with Crippen LogP contribution < -0.4 is 10.1 Å². The number of benzene rings is 2. The molecule has 2 atom stereocenters. The fourth-order valence-electron chi connectivity index (χ4n) is 2.36. The first-order chi connectivity index (χ1) is 12.9. The largest absolute Gasteiger partial charge is 0.496 e. The van der Waals surface area contributed by atoms with E-state index in [-0.39, 0.29) is 30.0 Å². The summed E-state index contributed by atoms with van der Waals surface area (Å²) < 4.78 is 10.0. The van der Waals surface area contributed by atoms with Crippen molar-refractivity contribution < 1.29 is 34.4 Å². The molecule has 8 nitrogen and oxygen atoms in total. The van der Waals surface area contributed by atoms with Gasteiger partial charge in [0.15, 0.2) is 0 Å². The molecule has 144 valence electrons. The van der Waals surface area contributed by atoms with Crippen molar-refractivity contribution in [1.82, 2.24) is 5.32 Å². The van der Waals surface area contributed by atoms with E-state index < -0.39 is 24.3 Å². The van der Waals surface area contributed by atoms with E-state index in [4.69, 9.17) is 14.6 Å². The predicted molar refractivity (Wildman–Crippen MR) is 95.5 cm³/mol. The van der Waals surface area contributed by atoms with Gasteiger partial charge in [0.2, 0.25) is 0 Å². The molecule has 2 aromatic carbocycles. The number of carboxylic acid groups (broad SMARTS) is 1. The van der Waals surface area contributed by atoms with Crippen LogP contribution in [0.1, 0.15) is 27.6 Å². The minimum Gasteiger partial charge on any atom is -0.496 e. The van der Waals surface area contributed by atoms with Gasteiger partial charge in [-0.25, -0.2) is 9.59 Å². The number of amides is 1. The van der Waals surface area contributed by atoms with Gasteiger partial charge in [-0.3, -0.25) is 0 Å². The number of rotatable bonds is 8. The number of hydrogen-bond acceptors (Lipinski definition) is 6. The third kappa shape index (κ3) is 5.70. The van der Waals surface area contributed by atoms with Crippen molar-refractivity contribution in [2.75, 3.05) is 13.7 Å². The molecule has 0 aliphatic carbocycles. The average molecular weight is 375 g/mol. The number of nitrogens with one attached hydrogen (secondary N) is 1. The molecular formula is C19H21NO7. The SMILES string of the molecule is COc1cc(C(O)C(O)CNC(=O)OCc2ccccc2)ccc1C(=O)O. The Hall–Kier alpha value is -3.10. The summed E-state index contributed by atoms with van der Waals surface area (Å²) >= 11 is 0. The van der Waals surface area contributed by atoms with E-state index >= 15 is 0 Å². The van der Waals surface area contributed by atoms with Gasteiger partial charge in [-0.1, -0.05) is 36.4 Å². The lowest BCUT2D eigenvalue weighted by molar-refractivity contribution is 0.0183. The number of carbonyl (C=O) groups excluding carboxylic acids is 1. The maximum Gasteiger partial charge on any atom is 0.407 e. The number of carboxylic acids is 1. The standard InChI is InChI=1S/C19H21NO7/c1-26-16-9-13(7-8-14(16)18(23)24)17(22)15(21)10-20-19(25)27-11-12-5-3-2-4-6-12/h2-9,15,17,21-22H,10-11H2,1H3,(H,20,25)(H,23,24). The van der Waals surface area contributed by atoms with E-state index in [1.807, 2.05) is 18.2 Å². The van der Waals surface area contributed by atoms with Crippen LogP contribution in [0.25, 0.3) is 0 Å². The van der Waals surface area contributed by atoms with E-state index in [1.54, 1.807) is 12.1 Å². The fourth-order valence-corrected chi connectivity index (χ4v) is 2.36. The van der Waals surface area contributed by atoms with Crippen LogP contribution in [0.15, 0.2) is 48.5 Å². The lowest BCUT2D eigenvalue weighted by Crippen LogP contribution is -2.35. The molecule has 27 heavy (non-hydrogen) atoms. The summed E-state index contributed by atoms with van der Waals surface area (Å²) in [6, 6.07) is 13.1. The zero-order valence-corrected chi connectivity index (χ0v) is 14.7. The summed E-state index contributed by atoms with van der Waals surface area (Å²) in [5, 5.41) is 31.7. The summed E-state index contributed by atoms with van der Waals surface area (Å²) in [6.07, 6.45) is -3.41. The number of hydrogen-bond donors (Lipinski definition) is 4. The third-order valence-corrected chi connectivity index (χ3v) is 3.83. The predicted octanol–water partition coefficient (Wildman–Crippen LogP) is 1.71. The molecule has 2 rings (SSSR count). The van der Waals surface area contributed by atoms with Gasteiger partial charge in [-0.2, -0.15) is 0 Å². The monoisotopic (exact) mass is 375 g/mol. The Labute approximate surface area is 156 Å². The molecule has 0 spiro atoms. The minimum absolute atomic E-state index is 0.0569. The van der Waals surface area contributed by atoms with Crippen LogP contribution in [0.5, 0.6) is 5.75 Å². The highest BCUT2D eigenvalue weighted by Gasteiger charge is 2.22. The quantitative estimate of drug-likeness (QED) is 0.553. The molecule has 0 heterocycles. The number of aliphatic hydroxyl groups excluding tert-OH is 2. The number of ether oxygens (including phenoxy) is 2. The van der Waals surface area contributed by atoms with Gasteiger partial charge in [0.05, 0.1) is 7.11 Å². The topological polar surface area (TPSA) is 125 Å². The van der Waals surface area contributed by atoms with Gasteiger partial charge < -0.3 is 30.1 Å². The molecular weight excluding hydrogens is 354 g/mol. The maximum absolute atomic E-state index is 11.7. The van der Waals surface area contributed by atoms with Gasteiger partial charge in [-0.05, 0) is 23.3 Å². The van der Waals surface area contributed by atoms with Gasteiger partial charge in [0.1, 0.15) is 30.1 Å². The van der Waals surface area contributed by atoms with Crippen LogP contribution in [0.2, 0.25) is 0 Å². The Balaban J connectivity index is 1.88. The van der Waals surface area contributed by atoms with Crippen LogP contribution in [0, 0.1) is 0 Å². The van der Waals surface area contributed by atoms with Gasteiger partial charge in [0.25, 0.3) is 0 Å². The molecule has 0 bridgehead atoms. The highest BCUT2D eigenvalue weighted by Crippen LogP contribution is 2.25. The molecule has 0 aromatic heterocycles. The van der Waals surface area contributed by atoms with E-state index in [2.05, 4.69) is 5.32 Å². The first kappa shape index (κ1) is 20.2. The second-order valence-corrected chi connectivity index (χ2v) is 5.72. The van der Waals surface area contributed by atoms with Crippen LogP contribution in [0.4, 0.5) is 4.79 Å². The molecule has 0 fully saturated rings. The second-order valence-electron chi connectivity index (χ2n) is 5.72. The number of methoxy groups -OCH3 is 1. The summed E-state index contributed by atoms with van der Waals surface area (Å²) in [6.45, 7) is -0.170. The van der Waals surface area contributed by atoms with Crippen molar-refractivity contribution in [2.45, 2.75) is 18.8 Å². The molecule has 0 aliphatic heterocycles. The zero-order chi connectivity index (χ0) is 19.8. The summed E-state index contributed by atoms with van der Waals surface area (Å²) in [7, 11) is 1.30. The van der Waals surface area contributed by atoms with Crippen LogP contribution in [-0.2, 0) is 11.3 Å². The molecule has 8 heteroatoms. The molecule has 0 aliphatic rings. The first-order valence-electron chi connectivity index (χ1n) is 8.14. The number of carbonyl (C=O) groups is 2. The highest BCUT2D eigenvalue weighted by atomic mass is 16.5. The smallest absolute Gasteiger partial charge is 0.407 e. The molecule has 2 aromatic rings. The van der Waals surface area contributed by atoms with Crippen molar-refractivity contribution in [3.63, 3.8) is 0 Å². The van der Waals surface area contributed by atoms with Crippen molar-refractivity contribution in [3.05, 3.63) is 65.2 Å². The maximum atomic E-state index is 11.7.